The SMILES string of the molecule is CN(C)CCCNc1nccc(-c2ccc(Cl)cc2)c1N. The third kappa shape index (κ3) is 4.34. The highest BCUT2D eigenvalue weighted by atomic mass is 35.5. The molecule has 4 nitrogen and oxygen atoms in total. The molecule has 0 amide bonds. The van der Waals surface area contributed by atoms with Gasteiger partial charge in [-0.15, -0.1) is 0 Å². The zero-order chi connectivity index (χ0) is 15.2. The number of nitrogens with one attached hydrogen (secondary N) is 1. The third-order valence-corrected chi connectivity index (χ3v) is 3.47. The van der Waals surface area contributed by atoms with Crippen LogP contribution in [0.4, 0.5) is 11.5 Å². The Morgan fingerprint density at radius 2 is 1.90 bits per heavy atom. The number of benzene rings is 1. The molecular weight excluding hydrogens is 284 g/mol. The summed E-state index contributed by atoms with van der Waals surface area (Å²) in [6.45, 7) is 1.88. The number of anilines is 2. The summed E-state index contributed by atoms with van der Waals surface area (Å²) < 4.78 is 0. The van der Waals surface area contributed by atoms with Crippen LogP contribution in [-0.4, -0.2) is 37.1 Å². The van der Waals surface area contributed by atoms with E-state index in [1.807, 2.05) is 30.3 Å². The minimum absolute atomic E-state index is 0.671. The molecule has 2 aromatic rings. The van der Waals surface area contributed by atoms with Gasteiger partial charge in [0, 0.05) is 23.3 Å². The van der Waals surface area contributed by atoms with Gasteiger partial charge < -0.3 is 16.0 Å². The normalized spacial score (nSPS) is 10.9. The van der Waals surface area contributed by atoms with Crippen LogP contribution in [0.15, 0.2) is 36.5 Å². The molecule has 0 aliphatic rings. The quantitative estimate of drug-likeness (QED) is 0.804. The number of hydrogen-bond donors (Lipinski definition) is 2. The van der Waals surface area contributed by atoms with E-state index in [-0.39, 0.29) is 0 Å². The summed E-state index contributed by atoms with van der Waals surface area (Å²) in [5.41, 5.74) is 8.90. The molecule has 112 valence electrons. The summed E-state index contributed by atoms with van der Waals surface area (Å²) in [5.74, 6) is 0.737. The van der Waals surface area contributed by atoms with Crippen LogP contribution in [0.5, 0.6) is 0 Å². The zero-order valence-corrected chi connectivity index (χ0v) is 13.2. The Balaban J connectivity index is 2.10. The minimum Gasteiger partial charge on any atom is -0.395 e. The van der Waals surface area contributed by atoms with Crippen molar-refractivity contribution in [3.8, 4) is 11.1 Å². The van der Waals surface area contributed by atoms with Gasteiger partial charge >= 0.3 is 0 Å². The standard InChI is InChI=1S/C16H21ClN4/c1-21(2)11-3-9-19-16-15(18)14(8-10-20-16)12-4-6-13(17)7-5-12/h4-8,10H,3,9,11,18H2,1-2H3,(H,19,20). The van der Waals surface area contributed by atoms with E-state index >= 15 is 0 Å². The molecule has 1 aromatic carbocycles. The van der Waals surface area contributed by atoms with E-state index in [2.05, 4.69) is 29.3 Å². The number of hydrogen-bond acceptors (Lipinski definition) is 4. The van der Waals surface area contributed by atoms with Gasteiger partial charge in [0.25, 0.3) is 0 Å². The van der Waals surface area contributed by atoms with Crippen molar-refractivity contribution in [1.29, 1.82) is 0 Å². The van der Waals surface area contributed by atoms with Crippen molar-refractivity contribution in [1.82, 2.24) is 9.88 Å². The average molecular weight is 305 g/mol. The lowest BCUT2D eigenvalue weighted by Gasteiger charge is -2.13. The summed E-state index contributed by atoms with van der Waals surface area (Å²) in [4.78, 5) is 6.48. The number of nitrogen functional groups attached to an aromatic ring is 1. The Labute approximate surface area is 130 Å². The van der Waals surface area contributed by atoms with Crippen LogP contribution >= 0.6 is 11.6 Å². The van der Waals surface area contributed by atoms with Gasteiger partial charge in [0.2, 0.25) is 0 Å². The first kappa shape index (κ1) is 15.6. The monoisotopic (exact) mass is 304 g/mol. The molecule has 0 aliphatic heterocycles. The van der Waals surface area contributed by atoms with Crippen molar-refractivity contribution in [2.24, 2.45) is 0 Å². The summed E-state index contributed by atoms with van der Waals surface area (Å²) >= 11 is 5.92. The van der Waals surface area contributed by atoms with E-state index in [1.165, 1.54) is 0 Å². The highest BCUT2D eigenvalue weighted by Gasteiger charge is 2.08. The van der Waals surface area contributed by atoms with E-state index in [0.717, 1.165) is 36.5 Å². The van der Waals surface area contributed by atoms with E-state index in [4.69, 9.17) is 17.3 Å². The molecule has 0 radical (unpaired) electrons. The average Bonchev–Trinajstić information content (AvgIpc) is 2.46. The fourth-order valence-corrected chi connectivity index (χ4v) is 2.22. The molecule has 1 heterocycles. The maximum Gasteiger partial charge on any atom is 0.149 e. The van der Waals surface area contributed by atoms with Crippen molar-refractivity contribution in [2.75, 3.05) is 38.2 Å². The van der Waals surface area contributed by atoms with Crippen LogP contribution < -0.4 is 11.1 Å². The third-order valence-electron chi connectivity index (χ3n) is 3.22. The molecule has 0 saturated heterocycles. The predicted molar refractivity (Wildman–Crippen MR) is 90.8 cm³/mol. The Morgan fingerprint density at radius 3 is 2.57 bits per heavy atom. The Bertz CT molecular complexity index is 581. The van der Waals surface area contributed by atoms with Crippen LogP contribution in [0, 0.1) is 0 Å². The van der Waals surface area contributed by atoms with Crippen LogP contribution in [-0.2, 0) is 0 Å². The van der Waals surface area contributed by atoms with Crippen LogP contribution in [0.25, 0.3) is 11.1 Å². The van der Waals surface area contributed by atoms with Gasteiger partial charge in [0.05, 0.1) is 5.69 Å². The first-order valence-corrected chi connectivity index (χ1v) is 7.35. The lowest BCUT2D eigenvalue weighted by atomic mass is 10.1. The molecule has 3 N–H and O–H groups in total. The number of halogens is 1. The van der Waals surface area contributed by atoms with E-state index < -0.39 is 0 Å². The molecule has 0 bridgehead atoms. The maximum absolute atomic E-state index is 6.23. The number of aromatic nitrogens is 1. The first-order valence-electron chi connectivity index (χ1n) is 6.97. The van der Waals surface area contributed by atoms with E-state index in [9.17, 15) is 0 Å². The van der Waals surface area contributed by atoms with Gasteiger partial charge in [-0.2, -0.15) is 0 Å². The van der Waals surface area contributed by atoms with Crippen molar-refractivity contribution in [3.05, 3.63) is 41.6 Å². The van der Waals surface area contributed by atoms with E-state index in [0.29, 0.717) is 10.7 Å². The van der Waals surface area contributed by atoms with Crippen LogP contribution in [0.3, 0.4) is 0 Å². The smallest absolute Gasteiger partial charge is 0.149 e. The molecule has 0 saturated carbocycles. The van der Waals surface area contributed by atoms with Crippen molar-refractivity contribution in [2.45, 2.75) is 6.42 Å². The molecule has 0 spiro atoms. The lowest BCUT2D eigenvalue weighted by molar-refractivity contribution is 0.405. The topological polar surface area (TPSA) is 54.2 Å². The molecule has 21 heavy (non-hydrogen) atoms. The summed E-state index contributed by atoms with van der Waals surface area (Å²) in [6, 6.07) is 9.57. The number of rotatable bonds is 6. The second-order valence-corrected chi connectivity index (χ2v) is 5.65. The van der Waals surface area contributed by atoms with Crippen molar-refractivity contribution < 1.29 is 0 Å². The zero-order valence-electron chi connectivity index (χ0n) is 12.4. The van der Waals surface area contributed by atoms with Gasteiger partial charge in [-0.1, -0.05) is 23.7 Å². The highest BCUT2D eigenvalue weighted by molar-refractivity contribution is 6.30. The largest absolute Gasteiger partial charge is 0.395 e. The highest BCUT2D eigenvalue weighted by Crippen LogP contribution is 2.30. The number of nitrogens with two attached hydrogens (primary N) is 1. The maximum atomic E-state index is 6.23. The molecule has 0 atom stereocenters. The fraction of sp³-hybridized carbons (Fsp3) is 0.312. The van der Waals surface area contributed by atoms with E-state index in [1.54, 1.807) is 6.20 Å². The molecule has 0 aliphatic carbocycles. The summed E-state index contributed by atoms with van der Waals surface area (Å²) in [7, 11) is 4.13. The second kappa shape index (κ2) is 7.29. The Morgan fingerprint density at radius 1 is 1.19 bits per heavy atom. The Kier molecular flexibility index (Phi) is 5.42. The summed E-state index contributed by atoms with van der Waals surface area (Å²) in [6.07, 6.45) is 2.81. The second-order valence-electron chi connectivity index (χ2n) is 5.21. The molecule has 0 unspecified atom stereocenters. The molecule has 0 fully saturated rings. The number of pyridine rings is 1. The van der Waals surface area contributed by atoms with Gasteiger partial charge in [-0.05, 0) is 50.8 Å². The lowest BCUT2D eigenvalue weighted by Crippen LogP contribution is -2.17. The molecule has 5 heteroatoms. The fourth-order valence-electron chi connectivity index (χ4n) is 2.10. The first-order chi connectivity index (χ1) is 10.1. The number of nitrogens with zero attached hydrogens (tertiary/aromatic N) is 2. The van der Waals surface area contributed by atoms with Crippen LogP contribution in [0.1, 0.15) is 6.42 Å². The van der Waals surface area contributed by atoms with Crippen LogP contribution in [0.2, 0.25) is 5.02 Å². The van der Waals surface area contributed by atoms with Gasteiger partial charge in [0.1, 0.15) is 5.82 Å². The molecule has 2 rings (SSSR count). The van der Waals surface area contributed by atoms with Gasteiger partial charge in [-0.3, -0.25) is 0 Å². The Hall–Kier alpha value is -1.78. The molecular formula is C16H21ClN4. The predicted octanol–water partition coefficient (Wildman–Crippen LogP) is 3.35. The summed E-state index contributed by atoms with van der Waals surface area (Å²) in [5, 5.41) is 4.02. The van der Waals surface area contributed by atoms with Gasteiger partial charge in [-0.25, -0.2) is 4.98 Å². The van der Waals surface area contributed by atoms with Crippen molar-refractivity contribution in [3.63, 3.8) is 0 Å². The minimum atomic E-state index is 0.671. The molecule has 1 aromatic heterocycles. The van der Waals surface area contributed by atoms with Gasteiger partial charge in [0.15, 0.2) is 0 Å². The van der Waals surface area contributed by atoms with Crippen molar-refractivity contribution >= 4 is 23.1 Å².